The maximum atomic E-state index is 11.7. The van der Waals surface area contributed by atoms with Crippen molar-refractivity contribution >= 4 is 16.8 Å². The van der Waals surface area contributed by atoms with Gasteiger partial charge in [-0.15, -0.1) is 0 Å². The molecule has 0 radical (unpaired) electrons. The van der Waals surface area contributed by atoms with Gasteiger partial charge in [-0.1, -0.05) is 25.1 Å². The molecule has 2 unspecified atom stereocenters. The van der Waals surface area contributed by atoms with E-state index in [9.17, 15) is 4.79 Å². The molecular formula is C17H24N4O. The zero-order valence-corrected chi connectivity index (χ0v) is 13.2. The fourth-order valence-corrected chi connectivity index (χ4v) is 3.21. The number of aromatic nitrogens is 1. The summed E-state index contributed by atoms with van der Waals surface area (Å²) in [6.45, 7) is 5.12. The van der Waals surface area contributed by atoms with Crippen LogP contribution < -0.4 is 16.2 Å². The number of fused-ring (bicyclic) bond motifs is 1. The van der Waals surface area contributed by atoms with Crippen molar-refractivity contribution in [3.8, 4) is 0 Å². The van der Waals surface area contributed by atoms with Crippen molar-refractivity contribution in [2.75, 3.05) is 0 Å². The quantitative estimate of drug-likeness (QED) is 0.795. The zero-order chi connectivity index (χ0) is 15.5. The lowest BCUT2D eigenvalue weighted by atomic mass is 10.1. The van der Waals surface area contributed by atoms with Gasteiger partial charge in [0.05, 0.1) is 12.2 Å². The van der Waals surface area contributed by atoms with Gasteiger partial charge in [-0.3, -0.25) is 4.79 Å². The normalized spacial score (nSPS) is 21.4. The van der Waals surface area contributed by atoms with Crippen LogP contribution in [-0.2, 0) is 11.3 Å². The average Bonchev–Trinajstić information content (AvgIpc) is 3.10. The Hall–Kier alpha value is -1.85. The van der Waals surface area contributed by atoms with Gasteiger partial charge in [0.2, 0.25) is 5.91 Å². The van der Waals surface area contributed by atoms with E-state index in [-0.39, 0.29) is 18.1 Å². The van der Waals surface area contributed by atoms with Crippen molar-refractivity contribution in [2.45, 2.75) is 51.9 Å². The molecule has 118 valence electrons. The van der Waals surface area contributed by atoms with Crippen LogP contribution in [0.15, 0.2) is 30.3 Å². The van der Waals surface area contributed by atoms with Crippen LogP contribution in [0.2, 0.25) is 0 Å². The summed E-state index contributed by atoms with van der Waals surface area (Å²) in [6.07, 6.45) is 2.30. The molecule has 1 aromatic heterocycles. The number of hydrogen-bond donors (Lipinski definition) is 3. The maximum absolute atomic E-state index is 11.7. The number of amides is 1. The predicted octanol–water partition coefficient (Wildman–Crippen LogP) is 2.44. The second kappa shape index (κ2) is 6.50. The van der Waals surface area contributed by atoms with Crippen molar-refractivity contribution in [1.82, 2.24) is 20.7 Å². The third kappa shape index (κ3) is 2.87. The molecule has 1 amide bonds. The summed E-state index contributed by atoms with van der Waals surface area (Å²) in [4.78, 5) is 11.7. The van der Waals surface area contributed by atoms with Gasteiger partial charge in [0, 0.05) is 30.6 Å². The number of hydrogen-bond acceptors (Lipinski definition) is 3. The molecule has 1 aliphatic rings. The van der Waals surface area contributed by atoms with E-state index in [4.69, 9.17) is 0 Å². The molecule has 1 fully saturated rings. The lowest BCUT2D eigenvalue weighted by Crippen LogP contribution is -2.44. The van der Waals surface area contributed by atoms with Gasteiger partial charge in [0.25, 0.3) is 0 Å². The molecule has 0 saturated carbocycles. The summed E-state index contributed by atoms with van der Waals surface area (Å²) < 4.78 is 2.34. The number of nitrogens with zero attached hydrogens (tertiary/aromatic N) is 1. The first-order valence-corrected chi connectivity index (χ1v) is 8.11. The fraction of sp³-hybridized carbons (Fsp3) is 0.471. The molecule has 1 saturated heterocycles. The van der Waals surface area contributed by atoms with Gasteiger partial charge in [-0.2, -0.15) is 0 Å². The van der Waals surface area contributed by atoms with Gasteiger partial charge in [-0.25, -0.2) is 10.9 Å². The molecular weight excluding hydrogens is 276 g/mol. The SMILES string of the molecule is CCCC(=O)NC1CC(c2cc3ccccc3n2CC)NN1. The van der Waals surface area contributed by atoms with Crippen molar-refractivity contribution < 1.29 is 4.79 Å². The van der Waals surface area contributed by atoms with Gasteiger partial charge in [0.15, 0.2) is 0 Å². The zero-order valence-electron chi connectivity index (χ0n) is 13.2. The number of carbonyl (C=O) groups is 1. The first-order chi connectivity index (χ1) is 10.7. The third-order valence-corrected chi connectivity index (χ3v) is 4.23. The summed E-state index contributed by atoms with van der Waals surface area (Å²) in [5.41, 5.74) is 9.05. The van der Waals surface area contributed by atoms with E-state index >= 15 is 0 Å². The number of hydrazine groups is 1. The number of aryl methyl sites for hydroxylation is 1. The minimum atomic E-state index is -0.00707. The highest BCUT2D eigenvalue weighted by atomic mass is 16.1. The van der Waals surface area contributed by atoms with E-state index in [0.717, 1.165) is 19.4 Å². The summed E-state index contributed by atoms with van der Waals surface area (Å²) in [6, 6.07) is 10.9. The van der Waals surface area contributed by atoms with Crippen molar-refractivity contribution in [1.29, 1.82) is 0 Å². The number of carbonyl (C=O) groups excluding carboxylic acids is 1. The number of rotatable bonds is 5. The largest absolute Gasteiger partial charge is 0.343 e. The Balaban J connectivity index is 1.77. The molecule has 0 bridgehead atoms. The van der Waals surface area contributed by atoms with Crippen LogP contribution in [-0.4, -0.2) is 16.6 Å². The highest BCUT2D eigenvalue weighted by Crippen LogP contribution is 2.28. The Bertz CT molecular complexity index is 664. The molecule has 2 atom stereocenters. The topological polar surface area (TPSA) is 58.1 Å². The van der Waals surface area contributed by atoms with Crippen LogP contribution in [0, 0.1) is 0 Å². The summed E-state index contributed by atoms with van der Waals surface area (Å²) in [5, 5.41) is 4.29. The first-order valence-electron chi connectivity index (χ1n) is 8.11. The number of para-hydroxylation sites is 1. The van der Waals surface area contributed by atoms with E-state index in [0.29, 0.717) is 6.42 Å². The van der Waals surface area contributed by atoms with Gasteiger partial charge in [-0.05, 0) is 30.9 Å². The standard InChI is InChI=1S/C17H24N4O/c1-3-7-17(22)18-16-11-13(19-20-16)15-10-12-8-5-6-9-14(12)21(15)4-2/h5-6,8-10,13,16,19-20H,3-4,7,11H2,1-2H3,(H,18,22). The molecule has 2 aromatic rings. The summed E-state index contributed by atoms with van der Waals surface area (Å²) >= 11 is 0. The minimum Gasteiger partial charge on any atom is -0.343 e. The smallest absolute Gasteiger partial charge is 0.221 e. The average molecular weight is 300 g/mol. The second-order valence-corrected chi connectivity index (χ2v) is 5.82. The lowest BCUT2D eigenvalue weighted by Gasteiger charge is -2.14. The van der Waals surface area contributed by atoms with Crippen LogP contribution >= 0.6 is 0 Å². The minimum absolute atomic E-state index is 0.00707. The van der Waals surface area contributed by atoms with Gasteiger partial charge >= 0.3 is 0 Å². The van der Waals surface area contributed by atoms with E-state index in [1.807, 2.05) is 6.92 Å². The highest BCUT2D eigenvalue weighted by Gasteiger charge is 2.28. The summed E-state index contributed by atoms with van der Waals surface area (Å²) in [7, 11) is 0. The van der Waals surface area contributed by atoms with Crippen LogP contribution in [0.25, 0.3) is 10.9 Å². The van der Waals surface area contributed by atoms with E-state index < -0.39 is 0 Å². The number of benzene rings is 1. The van der Waals surface area contributed by atoms with Crippen LogP contribution in [0.3, 0.4) is 0 Å². The lowest BCUT2D eigenvalue weighted by molar-refractivity contribution is -0.121. The van der Waals surface area contributed by atoms with Crippen LogP contribution in [0.1, 0.15) is 44.8 Å². The van der Waals surface area contributed by atoms with Crippen molar-refractivity contribution in [2.24, 2.45) is 0 Å². The van der Waals surface area contributed by atoms with E-state index in [1.54, 1.807) is 0 Å². The van der Waals surface area contributed by atoms with E-state index in [2.05, 4.69) is 58.0 Å². The Labute approximate surface area is 131 Å². The predicted molar refractivity (Wildman–Crippen MR) is 88.1 cm³/mol. The van der Waals surface area contributed by atoms with Gasteiger partial charge < -0.3 is 9.88 Å². The molecule has 1 aliphatic heterocycles. The van der Waals surface area contributed by atoms with E-state index in [1.165, 1.54) is 16.6 Å². The molecule has 5 nitrogen and oxygen atoms in total. The molecule has 2 heterocycles. The summed E-state index contributed by atoms with van der Waals surface area (Å²) in [5.74, 6) is 0.110. The Morgan fingerprint density at radius 1 is 1.32 bits per heavy atom. The third-order valence-electron chi connectivity index (χ3n) is 4.23. The molecule has 22 heavy (non-hydrogen) atoms. The molecule has 5 heteroatoms. The Kier molecular flexibility index (Phi) is 4.45. The Morgan fingerprint density at radius 3 is 2.91 bits per heavy atom. The Morgan fingerprint density at radius 2 is 2.14 bits per heavy atom. The fourth-order valence-electron chi connectivity index (χ4n) is 3.21. The first kappa shape index (κ1) is 15.1. The monoisotopic (exact) mass is 300 g/mol. The van der Waals surface area contributed by atoms with Crippen molar-refractivity contribution in [3.05, 3.63) is 36.0 Å². The van der Waals surface area contributed by atoms with Crippen LogP contribution in [0.4, 0.5) is 0 Å². The molecule has 1 aromatic carbocycles. The molecule has 3 N–H and O–H groups in total. The molecule has 0 aliphatic carbocycles. The number of nitrogens with one attached hydrogen (secondary N) is 3. The van der Waals surface area contributed by atoms with Crippen molar-refractivity contribution in [3.63, 3.8) is 0 Å². The molecule has 3 rings (SSSR count). The van der Waals surface area contributed by atoms with Gasteiger partial charge in [0.1, 0.15) is 0 Å². The molecule has 0 spiro atoms. The maximum Gasteiger partial charge on any atom is 0.221 e. The second-order valence-electron chi connectivity index (χ2n) is 5.82. The highest BCUT2D eigenvalue weighted by molar-refractivity contribution is 5.81. The van der Waals surface area contributed by atoms with Crippen LogP contribution in [0.5, 0.6) is 0 Å².